The van der Waals surface area contributed by atoms with Gasteiger partial charge in [0.25, 0.3) is 0 Å². The van der Waals surface area contributed by atoms with Crippen LogP contribution in [0, 0.1) is 11.3 Å². The Kier molecular flexibility index (Phi) is 8.51. The summed E-state index contributed by atoms with van der Waals surface area (Å²) in [5, 5.41) is 11.2. The third kappa shape index (κ3) is 10.3. The zero-order valence-electron chi connectivity index (χ0n) is 13.8. The third-order valence-corrected chi connectivity index (χ3v) is 2.94. The molecule has 0 aromatic carbocycles. The Morgan fingerprint density at radius 1 is 1.29 bits per heavy atom. The molecular weight excluding hydrogens is 272 g/mol. The van der Waals surface area contributed by atoms with Gasteiger partial charge in [-0.2, -0.15) is 0 Å². The summed E-state index contributed by atoms with van der Waals surface area (Å²) in [7, 11) is 0. The number of carboxylic acid groups (broad SMARTS) is 1. The molecule has 0 fully saturated rings. The van der Waals surface area contributed by atoms with Gasteiger partial charge in [0.2, 0.25) is 5.91 Å². The molecule has 0 spiro atoms. The monoisotopic (exact) mass is 302 g/mol. The van der Waals surface area contributed by atoms with Crippen molar-refractivity contribution in [2.45, 2.75) is 59.5 Å². The number of aliphatic carboxylic acids is 1. The summed E-state index contributed by atoms with van der Waals surface area (Å²) in [6.45, 7) is 11.5. The molecule has 6 heteroatoms. The van der Waals surface area contributed by atoms with E-state index in [-0.39, 0.29) is 17.9 Å². The zero-order chi connectivity index (χ0) is 16.6. The quantitative estimate of drug-likeness (QED) is 0.566. The highest BCUT2D eigenvalue weighted by Gasteiger charge is 2.21. The molecule has 0 aliphatic rings. The summed E-state index contributed by atoms with van der Waals surface area (Å²) >= 11 is 0. The van der Waals surface area contributed by atoms with E-state index in [1.165, 1.54) is 0 Å². The minimum Gasteiger partial charge on any atom is -0.481 e. The maximum Gasteiger partial charge on any atom is 0.305 e. The predicted octanol–water partition coefficient (Wildman–Crippen LogP) is 1.38. The summed E-state index contributed by atoms with van der Waals surface area (Å²) in [4.78, 5) is 22.1. The van der Waals surface area contributed by atoms with Crippen molar-refractivity contribution >= 4 is 11.9 Å². The van der Waals surface area contributed by atoms with Gasteiger partial charge in [-0.05, 0) is 24.7 Å². The molecule has 4 N–H and O–H groups in total. The van der Waals surface area contributed by atoms with Crippen LogP contribution in [0.4, 0.5) is 0 Å². The predicted molar refractivity (Wildman–Crippen MR) is 81.9 cm³/mol. The van der Waals surface area contributed by atoms with Crippen molar-refractivity contribution in [1.29, 1.82) is 0 Å². The molecule has 6 nitrogen and oxygen atoms in total. The van der Waals surface area contributed by atoms with Crippen molar-refractivity contribution in [3.05, 3.63) is 0 Å². The minimum atomic E-state index is -1.09. The van der Waals surface area contributed by atoms with E-state index in [1.54, 1.807) is 6.92 Å². The van der Waals surface area contributed by atoms with Crippen LogP contribution in [0.1, 0.15) is 47.5 Å². The topological polar surface area (TPSA) is 102 Å². The van der Waals surface area contributed by atoms with Gasteiger partial charge >= 0.3 is 5.97 Å². The Hall–Kier alpha value is -1.14. The van der Waals surface area contributed by atoms with E-state index in [1.807, 2.05) is 0 Å². The van der Waals surface area contributed by atoms with Gasteiger partial charge in [-0.3, -0.25) is 9.59 Å². The minimum absolute atomic E-state index is 0.0948. The zero-order valence-corrected chi connectivity index (χ0v) is 13.8. The van der Waals surface area contributed by atoms with Crippen molar-refractivity contribution in [3.63, 3.8) is 0 Å². The molecular formula is C15H30N2O4. The van der Waals surface area contributed by atoms with Gasteiger partial charge in [0.05, 0.1) is 25.7 Å². The number of carbonyl (C=O) groups excluding carboxylic acids is 1. The lowest BCUT2D eigenvalue weighted by Gasteiger charge is -2.27. The van der Waals surface area contributed by atoms with Gasteiger partial charge < -0.3 is 20.9 Å². The van der Waals surface area contributed by atoms with Crippen molar-refractivity contribution in [2.75, 3.05) is 13.2 Å². The van der Waals surface area contributed by atoms with Crippen LogP contribution in [-0.2, 0) is 14.3 Å². The number of nitrogens with two attached hydrogens (primary N) is 1. The van der Waals surface area contributed by atoms with E-state index < -0.39 is 17.9 Å². The summed E-state index contributed by atoms with van der Waals surface area (Å²) in [6, 6.07) is -1.23. The Morgan fingerprint density at radius 3 is 2.33 bits per heavy atom. The molecule has 21 heavy (non-hydrogen) atoms. The van der Waals surface area contributed by atoms with Crippen LogP contribution in [0.2, 0.25) is 0 Å². The van der Waals surface area contributed by atoms with Gasteiger partial charge in [-0.25, -0.2) is 0 Å². The Labute approximate surface area is 127 Å². The lowest BCUT2D eigenvalue weighted by molar-refractivity contribution is -0.139. The molecule has 0 aliphatic carbocycles. The molecule has 1 amide bonds. The molecule has 0 aromatic rings. The fourth-order valence-corrected chi connectivity index (χ4v) is 2.35. The van der Waals surface area contributed by atoms with E-state index in [0.717, 1.165) is 6.42 Å². The Balaban J connectivity index is 4.02. The largest absolute Gasteiger partial charge is 0.481 e. The van der Waals surface area contributed by atoms with E-state index >= 15 is 0 Å². The number of carbonyl (C=O) groups is 2. The number of amides is 1. The molecule has 124 valence electrons. The standard InChI is InChI=1S/C15H30N2O4/c1-10(2)7-15(4,5)9-21-8-11(3)17-14(20)12(16)6-13(18)19/h10-12H,6-9,16H2,1-5H3,(H,17,20)(H,18,19)/t11?,12-/m0/s1. The number of ether oxygens (including phenoxy) is 1. The van der Waals surface area contributed by atoms with Crippen LogP contribution >= 0.6 is 0 Å². The Bertz CT molecular complexity index is 343. The summed E-state index contributed by atoms with van der Waals surface area (Å²) < 4.78 is 5.65. The molecule has 0 saturated heterocycles. The fourth-order valence-electron chi connectivity index (χ4n) is 2.35. The van der Waals surface area contributed by atoms with E-state index in [4.69, 9.17) is 15.6 Å². The van der Waals surface area contributed by atoms with Crippen LogP contribution < -0.4 is 11.1 Å². The highest BCUT2D eigenvalue weighted by Crippen LogP contribution is 2.25. The summed E-state index contributed by atoms with van der Waals surface area (Å²) in [5.41, 5.74) is 5.58. The molecule has 1 unspecified atom stereocenters. The van der Waals surface area contributed by atoms with Gasteiger partial charge in [-0.15, -0.1) is 0 Å². The van der Waals surface area contributed by atoms with Crippen LogP contribution in [-0.4, -0.2) is 42.3 Å². The molecule has 0 heterocycles. The van der Waals surface area contributed by atoms with Crippen molar-refractivity contribution in [3.8, 4) is 0 Å². The average Bonchev–Trinajstić information content (AvgIpc) is 2.25. The van der Waals surface area contributed by atoms with E-state index in [2.05, 4.69) is 33.0 Å². The van der Waals surface area contributed by atoms with Gasteiger partial charge in [-0.1, -0.05) is 27.7 Å². The molecule has 2 atom stereocenters. The first-order valence-electron chi connectivity index (χ1n) is 7.39. The van der Waals surface area contributed by atoms with Crippen molar-refractivity contribution < 1.29 is 19.4 Å². The first kappa shape index (κ1) is 19.9. The SMILES string of the molecule is CC(C)CC(C)(C)COCC(C)NC(=O)[C@@H](N)CC(=O)O. The second-order valence-corrected chi connectivity index (χ2v) is 6.89. The first-order valence-corrected chi connectivity index (χ1v) is 7.39. The molecule has 0 aliphatic heterocycles. The van der Waals surface area contributed by atoms with Gasteiger partial charge in [0, 0.05) is 6.04 Å². The van der Waals surface area contributed by atoms with Crippen LogP contribution in [0.25, 0.3) is 0 Å². The van der Waals surface area contributed by atoms with Gasteiger partial charge in [0.15, 0.2) is 0 Å². The van der Waals surface area contributed by atoms with Crippen molar-refractivity contribution in [1.82, 2.24) is 5.32 Å². The summed E-state index contributed by atoms with van der Waals surface area (Å²) in [5.74, 6) is -0.943. The summed E-state index contributed by atoms with van der Waals surface area (Å²) in [6.07, 6.45) is 0.693. The second kappa shape index (κ2) is 9.00. The molecule has 0 bridgehead atoms. The number of hydrogen-bond donors (Lipinski definition) is 3. The normalized spacial score (nSPS) is 14.8. The van der Waals surface area contributed by atoms with Crippen LogP contribution in [0.3, 0.4) is 0 Å². The number of nitrogens with one attached hydrogen (secondary N) is 1. The average molecular weight is 302 g/mol. The fraction of sp³-hybridized carbons (Fsp3) is 0.867. The first-order chi connectivity index (χ1) is 9.53. The van der Waals surface area contributed by atoms with Crippen molar-refractivity contribution in [2.24, 2.45) is 17.1 Å². The number of hydrogen-bond acceptors (Lipinski definition) is 4. The highest BCUT2D eigenvalue weighted by atomic mass is 16.5. The lowest BCUT2D eigenvalue weighted by atomic mass is 9.85. The molecule has 0 rings (SSSR count). The maximum atomic E-state index is 11.6. The second-order valence-electron chi connectivity index (χ2n) is 6.89. The maximum absolute atomic E-state index is 11.6. The highest BCUT2D eigenvalue weighted by molar-refractivity contribution is 5.86. The van der Waals surface area contributed by atoms with E-state index in [9.17, 15) is 9.59 Å². The third-order valence-electron chi connectivity index (χ3n) is 2.94. The van der Waals surface area contributed by atoms with Crippen LogP contribution in [0.15, 0.2) is 0 Å². The Morgan fingerprint density at radius 2 is 1.86 bits per heavy atom. The van der Waals surface area contributed by atoms with Crippen LogP contribution in [0.5, 0.6) is 0 Å². The van der Waals surface area contributed by atoms with E-state index in [0.29, 0.717) is 19.1 Å². The molecule has 0 aromatic heterocycles. The smallest absolute Gasteiger partial charge is 0.305 e. The molecule has 0 radical (unpaired) electrons. The number of rotatable bonds is 10. The number of carboxylic acids is 1. The lowest BCUT2D eigenvalue weighted by Crippen LogP contribution is -2.46. The molecule has 0 saturated carbocycles. The van der Waals surface area contributed by atoms with Gasteiger partial charge in [0.1, 0.15) is 0 Å².